The lowest BCUT2D eigenvalue weighted by atomic mass is 10.0. The number of unbranched alkanes of at least 4 members (excludes halogenated alkanes) is 14. The van der Waals surface area contributed by atoms with E-state index in [1.165, 1.54) is 96.3 Å². The van der Waals surface area contributed by atoms with E-state index in [1.54, 1.807) is 0 Å². The zero-order chi connectivity index (χ0) is 24.4. The highest BCUT2D eigenvalue weighted by Crippen LogP contribution is 2.17. The molecular weight excluding hydrogens is 416 g/mol. The summed E-state index contributed by atoms with van der Waals surface area (Å²) >= 11 is 0. The van der Waals surface area contributed by atoms with Gasteiger partial charge in [0.25, 0.3) is 0 Å². The van der Waals surface area contributed by atoms with Gasteiger partial charge >= 0.3 is 11.9 Å². The molecule has 0 aliphatic heterocycles. The van der Waals surface area contributed by atoms with Crippen molar-refractivity contribution in [1.82, 2.24) is 0 Å². The van der Waals surface area contributed by atoms with Crippen LogP contribution in [0.1, 0.15) is 136 Å². The summed E-state index contributed by atoms with van der Waals surface area (Å²) in [6.45, 7) is 5.67. The number of carbonyl (C=O) groups excluding carboxylic acids is 1. The molecule has 0 amide bonds. The first-order valence-corrected chi connectivity index (χ1v) is 13.8. The van der Waals surface area contributed by atoms with Gasteiger partial charge < -0.3 is 14.6 Å². The van der Waals surface area contributed by atoms with Gasteiger partial charge in [0, 0.05) is 18.8 Å². The molecule has 0 aromatic carbocycles. The van der Waals surface area contributed by atoms with E-state index < -0.39 is 11.9 Å². The van der Waals surface area contributed by atoms with E-state index >= 15 is 0 Å². The van der Waals surface area contributed by atoms with Crippen LogP contribution in [0.25, 0.3) is 0 Å². The van der Waals surface area contributed by atoms with Crippen LogP contribution in [0.2, 0.25) is 0 Å². The van der Waals surface area contributed by atoms with Crippen molar-refractivity contribution in [3.8, 4) is 0 Å². The van der Waals surface area contributed by atoms with E-state index in [0.29, 0.717) is 12.7 Å². The first kappa shape index (κ1) is 31.6. The van der Waals surface area contributed by atoms with Crippen LogP contribution in [0, 0.1) is 0 Å². The van der Waals surface area contributed by atoms with Crippen molar-refractivity contribution in [3.05, 3.63) is 12.2 Å². The number of hydrogen-bond donors (Lipinski definition) is 1. The second kappa shape index (κ2) is 25.3. The first-order chi connectivity index (χ1) is 16.1. The smallest absolute Gasteiger partial charge is 0.331 e. The summed E-state index contributed by atoms with van der Waals surface area (Å²) in [6, 6.07) is 0. The second-order valence-corrected chi connectivity index (χ2v) is 9.21. The Morgan fingerprint density at radius 3 is 1.67 bits per heavy atom. The highest BCUT2D eigenvalue weighted by atomic mass is 16.5. The van der Waals surface area contributed by atoms with Crippen LogP contribution in [0.3, 0.4) is 0 Å². The molecule has 0 aromatic heterocycles. The van der Waals surface area contributed by atoms with Crippen LogP contribution in [0.4, 0.5) is 0 Å². The van der Waals surface area contributed by atoms with E-state index in [9.17, 15) is 9.59 Å². The third kappa shape index (κ3) is 25.1. The van der Waals surface area contributed by atoms with Gasteiger partial charge in [-0.3, -0.25) is 0 Å². The Labute approximate surface area is 203 Å². The molecule has 0 rings (SSSR count). The molecule has 0 aliphatic carbocycles. The molecule has 0 heterocycles. The van der Waals surface area contributed by atoms with Crippen molar-refractivity contribution in [3.63, 3.8) is 0 Å². The number of ether oxygens (including phenoxy) is 2. The monoisotopic (exact) mass is 468 g/mol. The lowest BCUT2D eigenvalue weighted by molar-refractivity contribution is -0.138. The summed E-state index contributed by atoms with van der Waals surface area (Å²) in [5.41, 5.74) is 0. The largest absolute Gasteiger partial charge is 0.478 e. The molecule has 0 fully saturated rings. The predicted octanol–water partition coefficient (Wildman–Crippen LogP) is 8.01. The molecule has 0 radical (unpaired) electrons. The Morgan fingerprint density at radius 1 is 0.636 bits per heavy atom. The van der Waals surface area contributed by atoms with Gasteiger partial charge in [-0.15, -0.1) is 0 Å². The van der Waals surface area contributed by atoms with E-state index in [0.717, 1.165) is 44.4 Å². The van der Waals surface area contributed by atoms with Crippen LogP contribution < -0.4 is 0 Å². The number of carboxylic acid groups (broad SMARTS) is 1. The number of aliphatic carboxylic acids is 1. The quantitative estimate of drug-likeness (QED) is 0.0834. The van der Waals surface area contributed by atoms with Crippen molar-refractivity contribution in [2.75, 3.05) is 13.2 Å². The third-order valence-electron chi connectivity index (χ3n) is 6.01. The fraction of sp³-hybridized carbons (Fsp3) is 0.857. The Morgan fingerprint density at radius 2 is 1.09 bits per heavy atom. The second-order valence-electron chi connectivity index (χ2n) is 9.21. The van der Waals surface area contributed by atoms with E-state index in [2.05, 4.69) is 13.8 Å². The van der Waals surface area contributed by atoms with Crippen LogP contribution in [0.5, 0.6) is 0 Å². The van der Waals surface area contributed by atoms with Crippen LogP contribution in [0.15, 0.2) is 12.2 Å². The van der Waals surface area contributed by atoms with Crippen molar-refractivity contribution in [1.29, 1.82) is 0 Å². The summed E-state index contributed by atoms with van der Waals surface area (Å²) in [6.07, 6.45) is 25.9. The maximum absolute atomic E-state index is 11.3. The van der Waals surface area contributed by atoms with Crippen molar-refractivity contribution >= 4 is 11.9 Å². The van der Waals surface area contributed by atoms with Crippen molar-refractivity contribution < 1.29 is 24.2 Å². The summed E-state index contributed by atoms with van der Waals surface area (Å²) in [7, 11) is 0. The van der Waals surface area contributed by atoms with Crippen LogP contribution in [-0.2, 0) is 19.1 Å². The topological polar surface area (TPSA) is 72.8 Å². The standard InChI is InChI=1S/C28H52O5/c1-3-5-7-8-9-10-11-12-13-17-21-26(20-16-6-4-2)32-24-18-14-15-19-25-33-28(31)23-22-27(29)30/h22-23,26H,3-21,24-25H2,1-2H3,(H,29,30)/b23-22-. The van der Waals surface area contributed by atoms with Crippen LogP contribution in [-0.4, -0.2) is 36.4 Å². The Kier molecular flexibility index (Phi) is 24.2. The molecule has 0 aromatic rings. The lowest BCUT2D eigenvalue weighted by Crippen LogP contribution is -2.14. The van der Waals surface area contributed by atoms with Gasteiger partial charge in [0.15, 0.2) is 0 Å². The zero-order valence-electron chi connectivity index (χ0n) is 21.7. The molecule has 5 nitrogen and oxygen atoms in total. The SMILES string of the molecule is CCCCCCCCCCCCC(CCCCC)OCCCCCCOC(=O)/C=C\C(=O)O. The molecule has 33 heavy (non-hydrogen) atoms. The normalized spacial score (nSPS) is 12.3. The van der Waals surface area contributed by atoms with Gasteiger partial charge in [-0.2, -0.15) is 0 Å². The average molecular weight is 469 g/mol. The maximum Gasteiger partial charge on any atom is 0.331 e. The van der Waals surface area contributed by atoms with Gasteiger partial charge in [-0.1, -0.05) is 104 Å². The fourth-order valence-corrected chi connectivity index (χ4v) is 3.96. The molecule has 0 saturated carbocycles. The molecule has 0 saturated heterocycles. The Hall–Kier alpha value is -1.36. The number of hydrogen-bond acceptors (Lipinski definition) is 4. The van der Waals surface area contributed by atoms with Crippen molar-refractivity contribution in [2.24, 2.45) is 0 Å². The third-order valence-corrected chi connectivity index (χ3v) is 6.01. The Bertz CT molecular complexity index is 475. The summed E-state index contributed by atoms with van der Waals surface area (Å²) in [5, 5.41) is 8.47. The van der Waals surface area contributed by atoms with Gasteiger partial charge in [-0.25, -0.2) is 9.59 Å². The summed E-state index contributed by atoms with van der Waals surface area (Å²) < 4.78 is 11.2. The van der Waals surface area contributed by atoms with Gasteiger partial charge in [0.2, 0.25) is 0 Å². The predicted molar refractivity (Wildman–Crippen MR) is 137 cm³/mol. The first-order valence-electron chi connectivity index (χ1n) is 13.8. The number of rotatable bonds is 25. The summed E-state index contributed by atoms with van der Waals surface area (Å²) in [5.74, 6) is -1.74. The van der Waals surface area contributed by atoms with E-state index in [-0.39, 0.29) is 0 Å². The molecule has 1 N–H and O–H groups in total. The maximum atomic E-state index is 11.3. The minimum atomic E-state index is -1.15. The molecular formula is C28H52O5. The number of esters is 1. The minimum Gasteiger partial charge on any atom is -0.478 e. The number of carbonyl (C=O) groups is 2. The molecule has 0 bridgehead atoms. The van der Waals surface area contributed by atoms with Crippen LogP contribution >= 0.6 is 0 Å². The molecule has 1 atom stereocenters. The van der Waals surface area contributed by atoms with Crippen molar-refractivity contribution in [2.45, 2.75) is 142 Å². The zero-order valence-corrected chi connectivity index (χ0v) is 21.7. The highest BCUT2D eigenvalue weighted by molar-refractivity contribution is 5.90. The molecule has 0 aliphatic rings. The van der Waals surface area contributed by atoms with E-state index in [4.69, 9.17) is 14.6 Å². The number of carboxylic acids is 1. The molecule has 0 spiro atoms. The Balaban J connectivity index is 3.74. The molecule has 5 heteroatoms. The van der Waals surface area contributed by atoms with Gasteiger partial charge in [-0.05, 0) is 32.1 Å². The van der Waals surface area contributed by atoms with Gasteiger partial charge in [0.1, 0.15) is 0 Å². The lowest BCUT2D eigenvalue weighted by Gasteiger charge is -2.18. The fourth-order valence-electron chi connectivity index (χ4n) is 3.96. The van der Waals surface area contributed by atoms with E-state index in [1.807, 2.05) is 0 Å². The van der Waals surface area contributed by atoms with Gasteiger partial charge in [0.05, 0.1) is 12.7 Å². The minimum absolute atomic E-state index is 0.335. The molecule has 194 valence electrons. The highest BCUT2D eigenvalue weighted by Gasteiger charge is 2.09. The molecule has 1 unspecified atom stereocenters. The summed E-state index contributed by atoms with van der Waals surface area (Å²) in [4.78, 5) is 21.6. The average Bonchev–Trinajstić information content (AvgIpc) is 2.80.